The van der Waals surface area contributed by atoms with Crippen molar-refractivity contribution in [2.24, 2.45) is 5.92 Å². The minimum Gasteiger partial charge on any atom is -0.495 e. The molecule has 2 aliphatic rings. The Morgan fingerprint density at radius 2 is 1.90 bits per heavy atom. The zero-order chi connectivity index (χ0) is 29.0. The van der Waals surface area contributed by atoms with Crippen molar-refractivity contribution < 1.29 is 19.1 Å². The van der Waals surface area contributed by atoms with Gasteiger partial charge in [0.05, 0.1) is 36.6 Å². The standard InChI is InChI=1S/C29H39N7O4/c1-7-24(37)30-21-14-13-19(15-23(21)40-6)27(38)32-26-20-16-36(29(2,3)25(20)33-34-26)28(39)31-22(17-35(4)5)18-11-9-8-10-12-18/h7-15,20,22,25-26,33-34H,1,16-17H2,2-6H3,(H,30,37)(H,31,39)(H,32,38)/t20?,22-,25?,26?/m1/s1. The molecule has 4 amide bonds. The van der Waals surface area contributed by atoms with Gasteiger partial charge < -0.3 is 30.5 Å². The highest BCUT2D eigenvalue weighted by Crippen LogP contribution is 2.37. The van der Waals surface area contributed by atoms with E-state index in [0.29, 0.717) is 30.1 Å². The van der Waals surface area contributed by atoms with Gasteiger partial charge >= 0.3 is 6.03 Å². The van der Waals surface area contributed by atoms with Crippen molar-refractivity contribution in [3.8, 4) is 5.75 Å². The largest absolute Gasteiger partial charge is 0.495 e. The van der Waals surface area contributed by atoms with Gasteiger partial charge in [-0.2, -0.15) is 0 Å². The first-order chi connectivity index (χ1) is 19.0. The molecule has 0 bridgehead atoms. The molecule has 0 spiro atoms. The molecule has 0 aliphatic carbocycles. The number of carbonyl (C=O) groups excluding carboxylic acids is 3. The summed E-state index contributed by atoms with van der Waals surface area (Å²) in [5, 5.41) is 8.93. The number of hydrogen-bond donors (Lipinski definition) is 5. The van der Waals surface area contributed by atoms with Crippen LogP contribution in [0.25, 0.3) is 0 Å². The van der Waals surface area contributed by atoms with E-state index in [2.05, 4.69) is 33.4 Å². The summed E-state index contributed by atoms with van der Waals surface area (Å²) in [5.41, 5.74) is 7.83. The van der Waals surface area contributed by atoms with Crippen LogP contribution < -0.4 is 31.5 Å². The van der Waals surface area contributed by atoms with Gasteiger partial charge in [0.2, 0.25) is 5.91 Å². The average Bonchev–Trinajstić information content (AvgIpc) is 3.45. The van der Waals surface area contributed by atoms with Crippen LogP contribution in [0, 0.1) is 5.92 Å². The Kier molecular flexibility index (Phi) is 8.77. The Balaban J connectivity index is 1.45. The van der Waals surface area contributed by atoms with Crippen LogP contribution in [0.3, 0.4) is 0 Å². The highest BCUT2D eigenvalue weighted by atomic mass is 16.5. The monoisotopic (exact) mass is 549 g/mol. The van der Waals surface area contributed by atoms with E-state index in [9.17, 15) is 14.4 Å². The molecule has 2 aromatic rings. The first kappa shape index (κ1) is 29.1. The van der Waals surface area contributed by atoms with Crippen LogP contribution in [0.1, 0.15) is 35.8 Å². The fraction of sp³-hybridized carbons (Fsp3) is 0.414. The summed E-state index contributed by atoms with van der Waals surface area (Å²) in [6, 6.07) is 14.3. The quantitative estimate of drug-likeness (QED) is 0.303. The van der Waals surface area contributed by atoms with Crippen molar-refractivity contribution in [3.63, 3.8) is 0 Å². The predicted molar refractivity (Wildman–Crippen MR) is 154 cm³/mol. The van der Waals surface area contributed by atoms with Gasteiger partial charge in [-0.05, 0) is 57.8 Å². The van der Waals surface area contributed by atoms with E-state index < -0.39 is 11.7 Å². The lowest BCUT2D eigenvalue weighted by Gasteiger charge is -2.37. The number of carbonyl (C=O) groups is 3. The number of ether oxygens (including phenoxy) is 1. The van der Waals surface area contributed by atoms with Crippen LogP contribution >= 0.6 is 0 Å². The van der Waals surface area contributed by atoms with Gasteiger partial charge in [0.1, 0.15) is 5.75 Å². The minimum absolute atomic E-state index is 0.0678. The Bertz CT molecular complexity index is 1250. The number of fused-ring (bicyclic) bond motifs is 1. The molecule has 4 rings (SSSR count). The van der Waals surface area contributed by atoms with E-state index in [1.54, 1.807) is 18.2 Å². The second-order valence-electron chi connectivity index (χ2n) is 10.9. The van der Waals surface area contributed by atoms with Crippen LogP contribution in [0.4, 0.5) is 10.5 Å². The molecule has 0 aromatic heterocycles. The van der Waals surface area contributed by atoms with Gasteiger partial charge in [0.25, 0.3) is 5.91 Å². The third kappa shape index (κ3) is 6.11. The van der Waals surface area contributed by atoms with Crippen molar-refractivity contribution in [2.45, 2.75) is 37.6 Å². The molecule has 0 radical (unpaired) electrons. The van der Waals surface area contributed by atoms with Crippen LogP contribution in [-0.4, -0.2) is 79.7 Å². The first-order valence-electron chi connectivity index (χ1n) is 13.3. The number of rotatable bonds is 9. The first-order valence-corrected chi connectivity index (χ1v) is 13.3. The van der Waals surface area contributed by atoms with Gasteiger partial charge in [0.15, 0.2) is 0 Å². The molecule has 11 heteroatoms. The number of hydrazine groups is 1. The van der Waals surface area contributed by atoms with E-state index in [1.165, 1.54) is 7.11 Å². The summed E-state index contributed by atoms with van der Waals surface area (Å²) in [7, 11) is 5.43. The summed E-state index contributed by atoms with van der Waals surface area (Å²) >= 11 is 0. The molecular weight excluding hydrogens is 510 g/mol. The smallest absolute Gasteiger partial charge is 0.318 e. The Labute approximate surface area is 235 Å². The van der Waals surface area contributed by atoms with E-state index >= 15 is 0 Å². The molecular formula is C29H39N7O4. The number of nitrogens with zero attached hydrogens (tertiary/aromatic N) is 2. The number of amides is 4. The molecule has 2 aromatic carbocycles. The van der Waals surface area contributed by atoms with Crippen LogP contribution in [0.5, 0.6) is 5.75 Å². The van der Waals surface area contributed by atoms with Crippen molar-refractivity contribution >= 4 is 23.5 Å². The number of urea groups is 1. The Morgan fingerprint density at radius 1 is 1.18 bits per heavy atom. The van der Waals surface area contributed by atoms with E-state index in [-0.39, 0.29) is 35.8 Å². The molecule has 2 fully saturated rings. The summed E-state index contributed by atoms with van der Waals surface area (Å²) in [5.74, 6) is -0.400. The second kappa shape index (κ2) is 12.1. The molecule has 11 nitrogen and oxygen atoms in total. The normalized spacial score (nSPS) is 21.9. The number of anilines is 1. The topological polar surface area (TPSA) is 127 Å². The Morgan fingerprint density at radius 3 is 2.55 bits per heavy atom. The number of hydrogen-bond acceptors (Lipinski definition) is 7. The summed E-state index contributed by atoms with van der Waals surface area (Å²) in [6.07, 6.45) is 0.749. The number of methoxy groups -OCH3 is 1. The number of likely N-dealkylation sites (N-methyl/N-ethyl adjacent to an activating group) is 1. The lowest BCUT2D eigenvalue weighted by Crippen LogP contribution is -2.57. The molecule has 3 unspecified atom stereocenters. The summed E-state index contributed by atoms with van der Waals surface area (Å²) in [6.45, 7) is 8.62. The van der Waals surface area contributed by atoms with E-state index in [4.69, 9.17) is 4.74 Å². The molecule has 5 N–H and O–H groups in total. The van der Waals surface area contributed by atoms with E-state index in [1.807, 2.05) is 68.1 Å². The fourth-order valence-corrected chi connectivity index (χ4v) is 5.46. The Hall–Kier alpha value is -3.93. The number of nitrogens with one attached hydrogen (secondary N) is 5. The van der Waals surface area contributed by atoms with Gasteiger partial charge in [-0.25, -0.2) is 10.2 Å². The maximum atomic E-state index is 13.6. The van der Waals surface area contributed by atoms with Crippen LogP contribution in [-0.2, 0) is 4.79 Å². The summed E-state index contributed by atoms with van der Waals surface area (Å²) < 4.78 is 5.36. The van der Waals surface area contributed by atoms with Gasteiger partial charge in [-0.15, -0.1) is 0 Å². The average molecular weight is 550 g/mol. The van der Waals surface area contributed by atoms with Gasteiger partial charge in [-0.3, -0.25) is 15.0 Å². The van der Waals surface area contributed by atoms with Crippen molar-refractivity contribution in [1.29, 1.82) is 0 Å². The molecule has 40 heavy (non-hydrogen) atoms. The minimum atomic E-state index is -0.519. The SMILES string of the molecule is C=CC(=O)Nc1ccc(C(=O)NC2NNC3C2CN(C(=O)N[C@H](CN(C)C)c2ccccc2)C3(C)C)cc1OC. The molecule has 2 heterocycles. The van der Waals surface area contributed by atoms with Gasteiger partial charge in [-0.1, -0.05) is 36.9 Å². The molecule has 4 atom stereocenters. The molecule has 0 saturated carbocycles. The zero-order valence-corrected chi connectivity index (χ0v) is 23.7. The zero-order valence-electron chi connectivity index (χ0n) is 23.7. The molecule has 2 aliphatic heterocycles. The molecule has 214 valence electrons. The number of likely N-dealkylation sites (tertiary alicyclic amines) is 1. The molecule has 2 saturated heterocycles. The third-order valence-corrected chi connectivity index (χ3v) is 7.59. The lowest BCUT2D eigenvalue weighted by atomic mass is 9.90. The second-order valence-corrected chi connectivity index (χ2v) is 10.9. The van der Waals surface area contributed by atoms with Gasteiger partial charge in [0, 0.05) is 24.6 Å². The van der Waals surface area contributed by atoms with Crippen molar-refractivity contribution in [1.82, 2.24) is 31.3 Å². The van der Waals surface area contributed by atoms with Crippen LogP contribution in [0.2, 0.25) is 0 Å². The highest BCUT2D eigenvalue weighted by molar-refractivity contribution is 6.01. The fourth-order valence-electron chi connectivity index (χ4n) is 5.46. The van der Waals surface area contributed by atoms with Crippen molar-refractivity contribution in [3.05, 3.63) is 72.3 Å². The highest BCUT2D eigenvalue weighted by Gasteiger charge is 2.55. The maximum Gasteiger partial charge on any atom is 0.318 e. The van der Waals surface area contributed by atoms with Crippen LogP contribution in [0.15, 0.2) is 61.2 Å². The van der Waals surface area contributed by atoms with E-state index in [0.717, 1.165) is 11.6 Å². The predicted octanol–water partition coefficient (Wildman–Crippen LogP) is 2.07. The number of benzene rings is 2. The summed E-state index contributed by atoms with van der Waals surface area (Å²) in [4.78, 5) is 42.4. The lowest BCUT2D eigenvalue weighted by molar-refractivity contribution is -0.111. The van der Waals surface area contributed by atoms with Crippen molar-refractivity contribution in [2.75, 3.05) is 39.6 Å². The third-order valence-electron chi connectivity index (χ3n) is 7.59. The maximum absolute atomic E-state index is 13.6.